The quantitative estimate of drug-likeness (QED) is 0.614. The van der Waals surface area contributed by atoms with Gasteiger partial charge in [0.15, 0.2) is 11.8 Å². The zero-order valence-corrected chi connectivity index (χ0v) is 15.6. The second kappa shape index (κ2) is 9.05. The molecule has 0 saturated heterocycles. The van der Waals surface area contributed by atoms with Crippen molar-refractivity contribution in [3.8, 4) is 5.75 Å². The fourth-order valence-electron chi connectivity index (χ4n) is 2.43. The molecule has 7 nitrogen and oxygen atoms in total. The molecule has 0 saturated carbocycles. The molecule has 0 atom stereocenters. The maximum atomic E-state index is 5.41. The summed E-state index contributed by atoms with van der Waals surface area (Å²) in [5.41, 5.74) is 1.11. The molecule has 2 rings (SSSR count). The van der Waals surface area contributed by atoms with E-state index in [0.717, 1.165) is 23.1 Å². The van der Waals surface area contributed by atoms with E-state index in [-0.39, 0.29) is 5.92 Å². The number of aromatic nitrogens is 2. The molecule has 0 aliphatic rings. The summed E-state index contributed by atoms with van der Waals surface area (Å²) >= 11 is 0. The van der Waals surface area contributed by atoms with Crippen LogP contribution in [0, 0.1) is 0 Å². The molecule has 1 aromatic heterocycles. The van der Waals surface area contributed by atoms with Gasteiger partial charge in [-0.2, -0.15) is 4.98 Å². The van der Waals surface area contributed by atoms with Crippen LogP contribution in [0.4, 0.5) is 0 Å². The number of guanidine groups is 1. The lowest BCUT2D eigenvalue weighted by atomic mass is 10.2. The molecule has 25 heavy (non-hydrogen) atoms. The Kier molecular flexibility index (Phi) is 6.80. The number of rotatable bonds is 7. The van der Waals surface area contributed by atoms with Crippen molar-refractivity contribution in [2.75, 3.05) is 27.7 Å². The molecule has 0 fully saturated rings. The van der Waals surface area contributed by atoms with Crippen LogP contribution in [-0.2, 0) is 13.0 Å². The topological polar surface area (TPSA) is 75.8 Å². The third kappa shape index (κ3) is 5.20. The Balaban J connectivity index is 1.88. The van der Waals surface area contributed by atoms with Gasteiger partial charge in [0, 0.05) is 45.1 Å². The largest absolute Gasteiger partial charge is 0.496 e. The first-order valence-corrected chi connectivity index (χ1v) is 8.41. The molecule has 2 aromatic rings. The average molecular weight is 345 g/mol. The first-order valence-electron chi connectivity index (χ1n) is 8.41. The SMILES string of the molecule is CN=C(NCCc1nc(C(C)C)no1)N(C)Cc1ccccc1OC. The molecule has 0 radical (unpaired) electrons. The standard InChI is InChI=1S/C18H27N5O2/c1-13(2)17-21-16(25-22-17)10-11-20-18(19-3)23(4)12-14-8-6-7-9-15(14)24-5/h6-9,13H,10-12H2,1-5H3,(H,19,20). The van der Waals surface area contributed by atoms with Crippen molar-refractivity contribution < 1.29 is 9.26 Å². The van der Waals surface area contributed by atoms with E-state index in [9.17, 15) is 0 Å². The number of methoxy groups -OCH3 is 1. The second-order valence-electron chi connectivity index (χ2n) is 6.09. The monoisotopic (exact) mass is 345 g/mol. The Hall–Kier alpha value is -2.57. The number of nitrogens with one attached hydrogen (secondary N) is 1. The number of nitrogens with zero attached hydrogens (tertiary/aromatic N) is 4. The number of aliphatic imine (C=N–C) groups is 1. The third-order valence-corrected chi connectivity index (χ3v) is 3.80. The first kappa shape index (κ1) is 18.8. The fourth-order valence-corrected chi connectivity index (χ4v) is 2.43. The summed E-state index contributed by atoms with van der Waals surface area (Å²) in [6, 6.07) is 7.98. The molecule has 0 amide bonds. The minimum Gasteiger partial charge on any atom is -0.496 e. The van der Waals surface area contributed by atoms with E-state index in [1.807, 2.05) is 44.0 Å². The normalized spacial score (nSPS) is 11.7. The predicted molar refractivity (Wildman–Crippen MR) is 97.9 cm³/mol. The molecule has 0 aliphatic carbocycles. The van der Waals surface area contributed by atoms with Gasteiger partial charge in [-0.15, -0.1) is 0 Å². The molecule has 0 bridgehead atoms. The summed E-state index contributed by atoms with van der Waals surface area (Å²) in [4.78, 5) is 10.8. The second-order valence-corrected chi connectivity index (χ2v) is 6.09. The van der Waals surface area contributed by atoms with Gasteiger partial charge in [-0.3, -0.25) is 4.99 Å². The summed E-state index contributed by atoms with van der Waals surface area (Å²) < 4.78 is 10.7. The molecule has 1 N–H and O–H groups in total. The van der Waals surface area contributed by atoms with Gasteiger partial charge in [0.05, 0.1) is 7.11 Å². The molecule has 1 aromatic carbocycles. The van der Waals surface area contributed by atoms with Crippen LogP contribution in [0.3, 0.4) is 0 Å². The highest BCUT2D eigenvalue weighted by molar-refractivity contribution is 5.79. The minimum absolute atomic E-state index is 0.269. The van der Waals surface area contributed by atoms with Gasteiger partial charge in [0.1, 0.15) is 5.75 Å². The van der Waals surface area contributed by atoms with Gasteiger partial charge in [0.2, 0.25) is 5.89 Å². The molecule has 0 spiro atoms. The molecule has 0 unspecified atom stereocenters. The highest BCUT2D eigenvalue weighted by atomic mass is 16.5. The Morgan fingerprint density at radius 2 is 2.12 bits per heavy atom. The highest BCUT2D eigenvalue weighted by Crippen LogP contribution is 2.18. The van der Waals surface area contributed by atoms with E-state index in [1.165, 1.54) is 0 Å². The van der Waals surface area contributed by atoms with Crippen LogP contribution in [0.1, 0.15) is 37.0 Å². The lowest BCUT2D eigenvalue weighted by Crippen LogP contribution is -2.39. The Labute approximate surface area is 149 Å². The number of hydrogen-bond acceptors (Lipinski definition) is 5. The first-order chi connectivity index (χ1) is 12.0. The molecular weight excluding hydrogens is 318 g/mol. The fraction of sp³-hybridized carbons (Fsp3) is 0.500. The van der Waals surface area contributed by atoms with Crippen LogP contribution in [0.2, 0.25) is 0 Å². The Bertz CT molecular complexity index is 696. The van der Waals surface area contributed by atoms with Crippen LogP contribution in [0.15, 0.2) is 33.8 Å². The molecule has 0 aliphatic heterocycles. The van der Waals surface area contributed by atoms with Gasteiger partial charge in [-0.1, -0.05) is 37.2 Å². The van der Waals surface area contributed by atoms with E-state index in [1.54, 1.807) is 14.2 Å². The van der Waals surface area contributed by atoms with Crippen molar-refractivity contribution >= 4 is 5.96 Å². The van der Waals surface area contributed by atoms with Crippen molar-refractivity contribution in [1.29, 1.82) is 0 Å². The van der Waals surface area contributed by atoms with Crippen molar-refractivity contribution in [3.05, 3.63) is 41.5 Å². The van der Waals surface area contributed by atoms with E-state index in [0.29, 0.717) is 25.4 Å². The number of benzene rings is 1. The lowest BCUT2D eigenvalue weighted by Gasteiger charge is -2.22. The van der Waals surface area contributed by atoms with Crippen LogP contribution in [-0.4, -0.2) is 48.8 Å². The van der Waals surface area contributed by atoms with E-state index < -0.39 is 0 Å². The molecule has 7 heteroatoms. The molecule has 136 valence electrons. The molecular formula is C18H27N5O2. The average Bonchev–Trinajstić information content (AvgIpc) is 3.08. The molecule has 1 heterocycles. The highest BCUT2D eigenvalue weighted by Gasteiger charge is 2.12. The van der Waals surface area contributed by atoms with Gasteiger partial charge in [-0.05, 0) is 6.07 Å². The number of ether oxygens (including phenoxy) is 1. The number of para-hydroxylation sites is 1. The van der Waals surface area contributed by atoms with E-state index >= 15 is 0 Å². The maximum Gasteiger partial charge on any atom is 0.228 e. The zero-order valence-electron chi connectivity index (χ0n) is 15.6. The van der Waals surface area contributed by atoms with Crippen LogP contribution in [0.25, 0.3) is 0 Å². The van der Waals surface area contributed by atoms with Crippen molar-refractivity contribution in [2.24, 2.45) is 4.99 Å². The smallest absolute Gasteiger partial charge is 0.228 e. The van der Waals surface area contributed by atoms with Gasteiger partial charge in [-0.25, -0.2) is 0 Å². The van der Waals surface area contributed by atoms with Crippen molar-refractivity contribution in [1.82, 2.24) is 20.4 Å². The lowest BCUT2D eigenvalue weighted by molar-refractivity contribution is 0.369. The Morgan fingerprint density at radius 1 is 1.36 bits per heavy atom. The van der Waals surface area contributed by atoms with Crippen LogP contribution < -0.4 is 10.1 Å². The number of hydrogen-bond donors (Lipinski definition) is 1. The Morgan fingerprint density at radius 3 is 2.76 bits per heavy atom. The van der Waals surface area contributed by atoms with Crippen LogP contribution >= 0.6 is 0 Å². The van der Waals surface area contributed by atoms with Crippen molar-refractivity contribution in [3.63, 3.8) is 0 Å². The van der Waals surface area contributed by atoms with Gasteiger partial charge >= 0.3 is 0 Å². The van der Waals surface area contributed by atoms with Crippen molar-refractivity contribution in [2.45, 2.75) is 32.7 Å². The van der Waals surface area contributed by atoms with Crippen LogP contribution in [0.5, 0.6) is 5.75 Å². The maximum absolute atomic E-state index is 5.41. The summed E-state index contributed by atoms with van der Waals surface area (Å²) in [6.45, 7) is 5.45. The summed E-state index contributed by atoms with van der Waals surface area (Å²) in [5, 5.41) is 7.30. The summed E-state index contributed by atoms with van der Waals surface area (Å²) in [6.07, 6.45) is 0.654. The minimum atomic E-state index is 0.269. The van der Waals surface area contributed by atoms with Gasteiger partial charge in [0.25, 0.3) is 0 Å². The van der Waals surface area contributed by atoms with E-state index in [2.05, 4.69) is 26.5 Å². The van der Waals surface area contributed by atoms with E-state index in [4.69, 9.17) is 9.26 Å². The van der Waals surface area contributed by atoms with Gasteiger partial charge < -0.3 is 19.5 Å². The third-order valence-electron chi connectivity index (χ3n) is 3.80. The zero-order chi connectivity index (χ0) is 18.2. The predicted octanol–water partition coefficient (Wildman–Crippen LogP) is 2.45. The summed E-state index contributed by atoms with van der Waals surface area (Å²) in [7, 11) is 5.44. The summed E-state index contributed by atoms with van der Waals surface area (Å²) in [5.74, 6) is 3.32.